The first-order valence-electron chi connectivity index (χ1n) is 9.17. The Morgan fingerprint density at radius 3 is 2.66 bits per heavy atom. The van der Waals surface area contributed by atoms with Gasteiger partial charge in [-0.1, -0.05) is 24.3 Å². The maximum absolute atomic E-state index is 12.6. The lowest BCUT2D eigenvalue weighted by Crippen LogP contribution is -2.32. The van der Waals surface area contributed by atoms with Crippen LogP contribution in [0.5, 0.6) is 0 Å². The highest BCUT2D eigenvalue weighted by Crippen LogP contribution is 2.25. The van der Waals surface area contributed by atoms with Crippen molar-refractivity contribution in [2.75, 3.05) is 13.7 Å². The number of rotatable bonds is 6. The van der Waals surface area contributed by atoms with Crippen molar-refractivity contribution in [1.29, 1.82) is 0 Å². The molecule has 0 aliphatic rings. The topological polar surface area (TPSA) is 81.5 Å². The van der Waals surface area contributed by atoms with Crippen molar-refractivity contribution in [3.63, 3.8) is 0 Å². The molecule has 0 spiro atoms. The molecule has 152 valence electrons. The number of carbonyl (C=O) groups excluding carboxylic acids is 2. The summed E-state index contributed by atoms with van der Waals surface area (Å²) in [7, 11) is 1.66. The third-order valence-electron chi connectivity index (χ3n) is 4.91. The van der Waals surface area contributed by atoms with E-state index in [1.807, 2.05) is 45.0 Å². The maximum Gasteiger partial charge on any atom is 0.326 e. The Balaban J connectivity index is 1.60. The van der Waals surface area contributed by atoms with E-state index in [4.69, 9.17) is 4.74 Å². The summed E-state index contributed by atoms with van der Waals surface area (Å²) in [6.07, 6.45) is 1.34. The summed E-state index contributed by atoms with van der Waals surface area (Å²) in [5.74, 6) is -0.970. The van der Waals surface area contributed by atoms with Crippen LogP contribution in [0.1, 0.15) is 21.6 Å². The van der Waals surface area contributed by atoms with Crippen LogP contribution in [0.4, 0.5) is 0 Å². The molecule has 2 aromatic heterocycles. The number of likely N-dealkylation sites (N-methyl/N-ethyl adjacent to an activating group) is 1. The molecule has 2 heterocycles. The molecule has 1 amide bonds. The fourth-order valence-electron chi connectivity index (χ4n) is 2.95. The Hall–Kier alpha value is -3.00. The fraction of sp³-hybridized carbons (Fsp3) is 0.333. The van der Waals surface area contributed by atoms with Crippen molar-refractivity contribution in [3.8, 4) is 0 Å². The van der Waals surface area contributed by atoms with Crippen molar-refractivity contribution in [2.24, 2.45) is 0 Å². The molecule has 3 aromatic rings. The quantitative estimate of drug-likeness (QED) is 0.580. The number of carbonyl (C=O) groups is 2. The van der Waals surface area contributed by atoms with Crippen LogP contribution in [0.3, 0.4) is 0 Å². The Labute approximate surface area is 172 Å². The number of thiophene rings is 1. The predicted molar refractivity (Wildman–Crippen MR) is 112 cm³/mol. The first kappa shape index (κ1) is 20.7. The van der Waals surface area contributed by atoms with E-state index in [1.165, 1.54) is 27.1 Å². The summed E-state index contributed by atoms with van der Waals surface area (Å²) >= 11 is 1.45. The number of benzene rings is 1. The van der Waals surface area contributed by atoms with Crippen LogP contribution in [0.15, 0.2) is 35.4 Å². The molecule has 0 bridgehead atoms. The summed E-state index contributed by atoms with van der Waals surface area (Å²) < 4.78 is 6.30. The smallest absolute Gasteiger partial charge is 0.326 e. The normalized spacial score (nSPS) is 10.9. The Morgan fingerprint density at radius 2 is 1.93 bits per heavy atom. The number of ether oxygens (including phenoxy) is 1. The van der Waals surface area contributed by atoms with E-state index in [1.54, 1.807) is 7.05 Å². The van der Waals surface area contributed by atoms with Gasteiger partial charge in [0.05, 0.1) is 11.7 Å². The fourth-order valence-corrected chi connectivity index (χ4v) is 3.94. The summed E-state index contributed by atoms with van der Waals surface area (Å²) in [6.45, 7) is 5.54. The van der Waals surface area contributed by atoms with Gasteiger partial charge in [-0.25, -0.2) is 4.98 Å². The van der Waals surface area contributed by atoms with Crippen molar-refractivity contribution in [2.45, 2.75) is 33.9 Å². The second kappa shape index (κ2) is 8.57. The number of hydrogen-bond acceptors (Lipinski definition) is 6. The zero-order chi connectivity index (χ0) is 21.1. The maximum atomic E-state index is 12.6. The van der Waals surface area contributed by atoms with Crippen molar-refractivity contribution < 1.29 is 14.3 Å². The summed E-state index contributed by atoms with van der Waals surface area (Å²) in [6, 6.07) is 7.79. The minimum atomic E-state index is -0.657. The number of aromatic nitrogens is 2. The van der Waals surface area contributed by atoms with E-state index < -0.39 is 5.97 Å². The largest absolute Gasteiger partial charge is 0.454 e. The van der Waals surface area contributed by atoms with E-state index in [2.05, 4.69) is 4.98 Å². The van der Waals surface area contributed by atoms with Crippen LogP contribution in [0.2, 0.25) is 0 Å². The Morgan fingerprint density at radius 1 is 1.21 bits per heavy atom. The van der Waals surface area contributed by atoms with Gasteiger partial charge in [-0.05, 0) is 37.5 Å². The van der Waals surface area contributed by atoms with Crippen LogP contribution in [-0.2, 0) is 27.4 Å². The third kappa shape index (κ3) is 4.54. The lowest BCUT2D eigenvalue weighted by Gasteiger charge is -2.18. The SMILES string of the molecule is Cc1ccccc1CN(C)C(=O)COC(=O)Cn1cnc2sc(C)c(C)c2c1=O. The molecular weight excluding hydrogens is 390 g/mol. The molecule has 0 unspecified atom stereocenters. The first-order chi connectivity index (χ1) is 13.8. The van der Waals surface area contributed by atoms with E-state index in [0.29, 0.717) is 16.8 Å². The highest BCUT2D eigenvalue weighted by molar-refractivity contribution is 7.18. The van der Waals surface area contributed by atoms with Crippen molar-refractivity contribution >= 4 is 33.4 Å². The minimum Gasteiger partial charge on any atom is -0.454 e. The highest BCUT2D eigenvalue weighted by Gasteiger charge is 2.16. The number of amides is 1. The Bertz CT molecular complexity index is 1130. The Kier molecular flexibility index (Phi) is 6.12. The first-order valence-corrected chi connectivity index (χ1v) is 9.98. The van der Waals surface area contributed by atoms with E-state index in [9.17, 15) is 14.4 Å². The van der Waals surface area contributed by atoms with Gasteiger partial charge in [0, 0.05) is 18.5 Å². The van der Waals surface area contributed by atoms with Gasteiger partial charge in [-0.2, -0.15) is 0 Å². The van der Waals surface area contributed by atoms with E-state index in [0.717, 1.165) is 21.6 Å². The molecule has 0 fully saturated rings. The molecule has 1 aromatic carbocycles. The number of nitrogens with zero attached hydrogens (tertiary/aromatic N) is 3. The molecule has 8 heteroatoms. The molecule has 7 nitrogen and oxygen atoms in total. The van der Waals surface area contributed by atoms with Gasteiger partial charge in [0.15, 0.2) is 6.61 Å². The van der Waals surface area contributed by atoms with Gasteiger partial charge in [0.25, 0.3) is 11.5 Å². The summed E-state index contributed by atoms with van der Waals surface area (Å²) in [5.41, 5.74) is 2.71. The molecule has 0 radical (unpaired) electrons. The second-order valence-electron chi connectivity index (χ2n) is 6.98. The van der Waals surface area contributed by atoms with Crippen LogP contribution in [0, 0.1) is 20.8 Å². The molecular formula is C21H23N3O4S. The predicted octanol–water partition coefficient (Wildman–Crippen LogP) is 2.59. The van der Waals surface area contributed by atoms with Gasteiger partial charge in [0.2, 0.25) is 0 Å². The van der Waals surface area contributed by atoms with Crippen LogP contribution >= 0.6 is 11.3 Å². The summed E-state index contributed by atoms with van der Waals surface area (Å²) in [5, 5.41) is 0.525. The average molecular weight is 413 g/mol. The molecule has 0 saturated carbocycles. The minimum absolute atomic E-state index is 0.281. The molecule has 0 N–H and O–H groups in total. The number of esters is 1. The molecule has 0 atom stereocenters. The lowest BCUT2D eigenvalue weighted by atomic mass is 10.1. The number of aryl methyl sites for hydroxylation is 3. The van der Waals surface area contributed by atoms with Crippen LogP contribution < -0.4 is 5.56 Å². The van der Waals surface area contributed by atoms with Gasteiger partial charge < -0.3 is 9.64 Å². The average Bonchev–Trinajstić information content (AvgIpc) is 2.98. The molecule has 3 rings (SSSR count). The van der Waals surface area contributed by atoms with Crippen LogP contribution in [0.25, 0.3) is 10.2 Å². The number of fused-ring (bicyclic) bond motifs is 1. The molecule has 0 aliphatic heterocycles. The molecule has 0 aliphatic carbocycles. The van der Waals surface area contributed by atoms with Gasteiger partial charge in [0.1, 0.15) is 11.4 Å². The third-order valence-corrected chi connectivity index (χ3v) is 6.02. The molecule has 0 saturated heterocycles. The van der Waals surface area contributed by atoms with E-state index >= 15 is 0 Å². The number of hydrogen-bond donors (Lipinski definition) is 0. The van der Waals surface area contributed by atoms with Gasteiger partial charge in [-0.3, -0.25) is 19.0 Å². The van der Waals surface area contributed by atoms with Gasteiger partial charge >= 0.3 is 5.97 Å². The van der Waals surface area contributed by atoms with Crippen molar-refractivity contribution in [1.82, 2.24) is 14.5 Å². The lowest BCUT2D eigenvalue weighted by molar-refractivity contribution is -0.152. The highest BCUT2D eigenvalue weighted by atomic mass is 32.1. The zero-order valence-electron chi connectivity index (χ0n) is 16.9. The zero-order valence-corrected chi connectivity index (χ0v) is 17.7. The van der Waals surface area contributed by atoms with Crippen molar-refractivity contribution in [3.05, 3.63) is 62.5 Å². The van der Waals surface area contributed by atoms with Crippen LogP contribution in [-0.4, -0.2) is 40.0 Å². The summed E-state index contributed by atoms with van der Waals surface area (Å²) in [4.78, 5) is 44.5. The van der Waals surface area contributed by atoms with E-state index in [-0.39, 0.29) is 24.6 Å². The monoisotopic (exact) mass is 413 g/mol. The standard InChI is InChI=1S/C21H23N3O4S/c1-13-7-5-6-8-16(13)9-23(4)17(25)11-28-18(26)10-24-12-22-20-19(21(24)27)14(2)15(3)29-20/h5-8,12H,9-11H2,1-4H3. The molecule has 29 heavy (non-hydrogen) atoms. The van der Waals surface area contributed by atoms with Gasteiger partial charge in [-0.15, -0.1) is 11.3 Å². The second-order valence-corrected chi connectivity index (χ2v) is 8.18.